The number of hydrogen-bond acceptors (Lipinski definition) is 4. The van der Waals surface area contributed by atoms with E-state index in [1.54, 1.807) is 11.0 Å². The van der Waals surface area contributed by atoms with E-state index in [2.05, 4.69) is 20.7 Å². The highest BCUT2D eigenvalue weighted by Crippen LogP contribution is 2.36. The maximum Gasteiger partial charge on any atom is 0.321 e. The van der Waals surface area contributed by atoms with Gasteiger partial charge in [-0.15, -0.1) is 5.10 Å². The van der Waals surface area contributed by atoms with Gasteiger partial charge in [-0.2, -0.15) is 0 Å². The van der Waals surface area contributed by atoms with Gasteiger partial charge in [-0.3, -0.25) is 5.32 Å². The molecule has 2 unspecified atom stereocenters. The molecule has 1 aliphatic heterocycles. The lowest BCUT2D eigenvalue weighted by atomic mass is 9.98. The van der Waals surface area contributed by atoms with Crippen LogP contribution in [0.2, 0.25) is 0 Å². The Kier molecular flexibility index (Phi) is 4.57. The van der Waals surface area contributed by atoms with Crippen molar-refractivity contribution in [2.75, 3.05) is 11.9 Å². The number of anilines is 1. The molecule has 2 amide bonds. The first-order valence-corrected chi connectivity index (χ1v) is 8.55. The number of nitrogens with one attached hydrogen (secondary N) is 2. The van der Waals surface area contributed by atoms with Gasteiger partial charge in [0.05, 0.1) is 17.7 Å². The van der Waals surface area contributed by atoms with Gasteiger partial charge in [0.15, 0.2) is 0 Å². The zero-order chi connectivity index (χ0) is 16.4. The lowest BCUT2D eigenvalue weighted by molar-refractivity contribution is -0.00941. The molecule has 0 radical (unpaired) electrons. The van der Waals surface area contributed by atoms with Crippen LogP contribution in [0.25, 0.3) is 0 Å². The molecule has 1 saturated heterocycles. The number of carbonyl (C=O) groups is 1. The topological polar surface area (TPSA) is 81.1 Å². The van der Waals surface area contributed by atoms with Crippen LogP contribution in [0.1, 0.15) is 52.9 Å². The number of rotatable bonds is 4. The number of amides is 2. The van der Waals surface area contributed by atoms with E-state index in [4.69, 9.17) is 4.74 Å². The third-order valence-electron chi connectivity index (χ3n) is 4.45. The van der Waals surface area contributed by atoms with E-state index in [0.29, 0.717) is 11.9 Å². The monoisotopic (exact) mass is 321 g/mol. The van der Waals surface area contributed by atoms with Gasteiger partial charge in [-0.1, -0.05) is 0 Å². The van der Waals surface area contributed by atoms with Gasteiger partial charge in [0.25, 0.3) is 0 Å². The number of nitrogens with zero attached hydrogens (tertiary/aromatic N) is 3. The quantitative estimate of drug-likeness (QED) is 0.893. The second-order valence-electron chi connectivity index (χ2n) is 7.55. The van der Waals surface area contributed by atoms with Crippen molar-refractivity contribution in [3.8, 4) is 0 Å². The Morgan fingerprint density at radius 1 is 1.35 bits per heavy atom. The van der Waals surface area contributed by atoms with Crippen LogP contribution >= 0.6 is 0 Å². The second kappa shape index (κ2) is 6.47. The van der Waals surface area contributed by atoms with Gasteiger partial charge in [-0.05, 0) is 58.8 Å². The molecule has 7 heteroatoms. The minimum Gasteiger partial charge on any atom is -0.376 e. The van der Waals surface area contributed by atoms with Crippen molar-refractivity contribution in [2.24, 2.45) is 5.92 Å². The van der Waals surface area contributed by atoms with Crippen LogP contribution in [-0.4, -0.2) is 39.5 Å². The van der Waals surface area contributed by atoms with Gasteiger partial charge >= 0.3 is 6.03 Å². The summed E-state index contributed by atoms with van der Waals surface area (Å²) in [6.07, 6.45) is 7.44. The van der Waals surface area contributed by atoms with Gasteiger partial charge in [0.1, 0.15) is 6.33 Å². The van der Waals surface area contributed by atoms with Crippen molar-refractivity contribution in [3.05, 3.63) is 6.33 Å². The Hall–Kier alpha value is -1.63. The minimum atomic E-state index is -0.247. The van der Waals surface area contributed by atoms with Crippen molar-refractivity contribution in [1.29, 1.82) is 0 Å². The lowest BCUT2D eigenvalue weighted by Gasteiger charge is -2.31. The average molecular weight is 321 g/mol. The highest BCUT2D eigenvalue weighted by atomic mass is 16.5. The fourth-order valence-electron chi connectivity index (χ4n) is 2.95. The standard InChI is InChI=1S/C16H27N5O2/c1-16(2,3)21-10-17-14(20-21)19-15(22)18-13(11-7-8-11)12-6-4-5-9-23-12/h10-13H,4-9H2,1-3H3,(H2,18,19,20,22). The van der Waals surface area contributed by atoms with E-state index in [9.17, 15) is 4.79 Å². The first kappa shape index (κ1) is 16.2. The van der Waals surface area contributed by atoms with Crippen molar-refractivity contribution in [3.63, 3.8) is 0 Å². The van der Waals surface area contributed by atoms with Crippen LogP contribution in [0.4, 0.5) is 10.7 Å². The molecule has 2 fully saturated rings. The molecule has 3 rings (SSSR count). The Labute approximate surface area is 137 Å². The van der Waals surface area contributed by atoms with Crippen LogP contribution in [0.3, 0.4) is 0 Å². The van der Waals surface area contributed by atoms with Gasteiger partial charge in [0.2, 0.25) is 5.95 Å². The SMILES string of the molecule is CC(C)(C)n1cnc(NC(=O)NC(C2CC2)C2CCCCO2)n1. The number of carbonyl (C=O) groups excluding carboxylic acids is 1. The summed E-state index contributed by atoms with van der Waals surface area (Å²) in [7, 11) is 0. The maximum atomic E-state index is 12.3. The van der Waals surface area contributed by atoms with Crippen molar-refractivity contribution in [2.45, 2.75) is 70.6 Å². The fourth-order valence-corrected chi connectivity index (χ4v) is 2.95. The average Bonchev–Trinajstić information content (AvgIpc) is 3.23. The molecule has 0 spiro atoms. The normalized spacial score (nSPS) is 23.3. The molecule has 2 atom stereocenters. The Balaban J connectivity index is 1.57. The molecular weight excluding hydrogens is 294 g/mol. The maximum absolute atomic E-state index is 12.3. The van der Waals surface area contributed by atoms with E-state index in [0.717, 1.165) is 19.4 Å². The summed E-state index contributed by atoms with van der Waals surface area (Å²) in [5.41, 5.74) is -0.157. The van der Waals surface area contributed by atoms with Crippen LogP contribution in [-0.2, 0) is 10.3 Å². The minimum absolute atomic E-state index is 0.0972. The second-order valence-corrected chi connectivity index (χ2v) is 7.55. The summed E-state index contributed by atoms with van der Waals surface area (Å²) >= 11 is 0. The van der Waals surface area contributed by atoms with E-state index in [1.165, 1.54) is 19.3 Å². The molecule has 1 aliphatic carbocycles. The Bertz CT molecular complexity index is 541. The number of aromatic nitrogens is 3. The molecule has 2 N–H and O–H groups in total. The Morgan fingerprint density at radius 2 is 2.13 bits per heavy atom. The highest BCUT2D eigenvalue weighted by Gasteiger charge is 2.38. The van der Waals surface area contributed by atoms with Crippen LogP contribution < -0.4 is 10.6 Å². The molecule has 2 aliphatic rings. The van der Waals surface area contributed by atoms with Gasteiger partial charge in [-0.25, -0.2) is 14.5 Å². The van der Waals surface area contributed by atoms with E-state index in [1.807, 2.05) is 20.8 Å². The third kappa shape index (κ3) is 4.22. The van der Waals surface area contributed by atoms with Gasteiger partial charge in [0, 0.05) is 6.61 Å². The number of ether oxygens (including phenoxy) is 1. The van der Waals surface area contributed by atoms with Gasteiger partial charge < -0.3 is 10.1 Å². The molecule has 0 bridgehead atoms. The Morgan fingerprint density at radius 3 is 2.70 bits per heavy atom. The summed E-state index contributed by atoms with van der Waals surface area (Å²) in [6, 6.07) is -0.150. The van der Waals surface area contributed by atoms with Crippen LogP contribution in [0.15, 0.2) is 6.33 Å². The first-order valence-electron chi connectivity index (χ1n) is 8.55. The molecule has 1 aromatic heterocycles. The molecule has 23 heavy (non-hydrogen) atoms. The predicted octanol–water partition coefficient (Wildman–Crippen LogP) is 2.50. The lowest BCUT2D eigenvalue weighted by Crippen LogP contribution is -2.48. The molecule has 128 valence electrons. The summed E-state index contributed by atoms with van der Waals surface area (Å²) < 4.78 is 7.60. The first-order chi connectivity index (χ1) is 10.9. The number of hydrogen-bond donors (Lipinski definition) is 2. The van der Waals surface area contributed by atoms with E-state index in [-0.39, 0.29) is 23.7 Å². The smallest absolute Gasteiger partial charge is 0.321 e. The van der Waals surface area contributed by atoms with Crippen LogP contribution in [0.5, 0.6) is 0 Å². The van der Waals surface area contributed by atoms with E-state index < -0.39 is 0 Å². The molecule has 7 nitrogen and oxygen atoms in total. The van der Waals surface area contributed by atoms with E-state index >= 15 is 0 Å². The predicted molar refractivity (Wildman–Crippen MR) is 87.3 cm³/mol. The summed E-state index contributed by atoms with van der Waals surface area (Å²) in [4.78, 5) is 16.4. The molecular formula is C16H27N5O2. The van der Waals surface area contributed by atoms with Crippen molar-refractivity contribution in [1.82, 2.24) is 20.1 Å². The largest absolute Gasteiger partial charge is 0.376 e. The van der Waals surface area contributed by atoms with Crippen molar-refractivity contribution >= 4 is 12.0 Å². The molecule has 1 aromatic rings. The summed E-state index contributed by atoms with van der Waals surface area (Å²) in [6.45, 7) is 6.91. The molecule has 2 heterocycles. The number of urea groups is 1. The summed E-state index contributed by atoms with van der Waals surface area (Å²) in [5, 5.41) is 10.1. The summed E-state index contributed by atoms with van der Waals surface area (Å²) in [5.74, 6) is 0.875. The molecule has 0 aromatic carbocycles. The fraction of sp³-hybridized carbons (Fsp3) is 0.812. The highest BCUT2D eigenvalue weighted by molar-refractivity contribution is 5.87. The third-order valence-corrected chi connectivity index (χ3v) is 4.45. The molecule has 1 saturated carbocycles. The van der Waals surface area contributed by atoms with Crippen molar-refractivity contribution < 1.29 is 9.53 Å². The zero-order valence-corrected chi connectivity index (χ0v) is 14.2. The van der Waals surface area contributed by atoms with Crippen LogP contribution in [0, 0.1) is 5.92 Å². The zero-order valence-electron chi connectivity index (χ0n) is 14.2.